The van der Waals surface area contributed by atoms with E-state index in [4.69, 9.17) is 0 Å². The molecule has 0 amide bonds. The fourth-order valence-electron chi connectivity index (χ4n) is 2.68. The Morgan fingerprint density at radius 1 is 1.41 bits per heavy atom. The van der Waals surface area contributed by atoms with Crippen molar-refractivity contribution in [3.8, 4) is 0 Å². The van der Waals surface area contributed by atoms with E-state index in [-0.39, 0.29) is 0 Å². The van der Waals surface area contributed by atoms with Crippen molar-refractivity contribution in [2.24, 2.45) is 0 Å². The molecule has 2 rings (SSSR count). The zero-order valence-corrected chi connectivity index (χ0v) is 10.9. The Bertz CT molecular complexity index is 396. The van der Waals surface area contributed by atoms with E-state index in [1.807, 2.05) is 12.4 Å². The summed E-state index contributed by atoms with van der Waals surface area (Å²) in [6, 6.07) is 2.54. The lowest BCUT2D eigenvalue weighted by Gasteiger charge is -2.25. The molecule has 1 atom stereocenters. The summed E-state index contributed by atoms with van der Waals surface area (Å²) < 4.78 is 0. The molecule has 1 heterocycles. The fourth-order valence-corrected chi connectivity index (χ4v) is 2.68. The predicted molar refractivity (Wildman–Crippen MR) is 72.0 cm³/mol. The Labute approximate surface area is 104 Å². The maximum Gasteiger partial charge on any atom is 0.0537 e. The van der Waals surface area contributed by atoms with Gasteiger partial charge in [-0.2, -0.15) is 0 Å². The van der Waals surface area contributed by atoms with Crippen molar-refractivity contribution in [2.45, 2.75) is 45.1 Å². The lowest BCUT2D eigenvalue weighted by Crippen LogP contribution is -2.21. The van der Waals surface area contributed by atoms with E-state index in [9.17, 15) is 0 Å². The van der Waals surface area contributed by atoms with Gasteiger partial charge in [-0.05, 0) is 56.3 Å². The number of pyridine rings is 1. The lowest BCUT2D eigenvalue weighted by molar-refractivity contribution is 0.589. The molecule has 2 nitrogen and oxygen atoms in total. The van der Waals surface area contributed by atoms with Crippen LogP contribution in [-0.2, 0) is 6.42 Å². The van der Waals surface area contributed by atoms with Crippen molar-refractivity contribution < 1.29 is 0 Å². The Morgan fingerprint density at radius 3 is 2.94 bits per heavy atom. The molecule has 0 aliphatic heterocycles. The third-order valence-electron chi connectivity index (χ3n) is 3.62. The number of aryl methyl sites for hydroxylation is 1. The first kappa shape index (κ1) is 12.3. The van der Waals surface area contributed by atoms with E-state index in [1.165, 1.54) is 36.8 Å². The van der Waals surface area contributed by atoms with E-state index in [0.29, 0.717) is 6.04 Å². The molecule has 1 aliphatic carbocycles. The van der Waals surface area contributed by atoms with Crippen LogP contribution >= 0.6 is 0 Å². The minimum absolute atomic E-state index is 0.383. The lowest BCUT2D eigenvalue weighted by atomic mass is 9.88. The topological polar surface area (TPSA) is 24.9 Å². The van der Waals surface area contributed by atoms with Crippen LogP contribution in [0.4, 0.5) is 0 Å². The average Bonchev–Trinajstić information content (AvgIpc) is 2.41. The van der Waals surface area contributed by atoms with Gasteiger partial charge in [0.25, 0.3) is 0 Å². The Balaban J connectivity index is 2.31. The summed E-state index contributed by atoms with van der Waals surface area (Å²) in [7, 11) is 2.06. The third-order valence-corrected chi connectivity index (χ3v) is 3.62. The van der Waals surface area contributed by atoms with Gasteiger partial charge in [0.2, 0.25) is 0 Å². The number of rotatable bonds is 4. The maximum atomic E-state index is 4.23. The molecule has 0 saturated heterocycles. The van der Waals surface area contributed by atoms with Crippen molar-refractivity contribution in [2.75, 3.05) is 7.05 Å². The second-order valence-electron chi connectivity index (χ2n) is 4.67. The molecule has 0 radical (unpaired) electrons. The molecule has 0 bridgehead atoms. The molecule has 1 aromatic rings. The van der Waals surface area contributed by atoms with Gasteiger partial charge in [-0.3, -0.25) is 4.98 Å². The Morgan fingerprint density at radius 2 is 2.29 bits per heavy atom. The molecule has 0 spiro atoms. The first-order valence-electron chi connectivity index (χ1n) is 6.65. The van der Waals surface area contributed by atoms with E-state index >= 15 is 0 Å². The van der Waals surface area contributed by atoms with Gasteiger partial charge in [-0.25, -0.2) is 0 Å². The summed E-state index contributed by atoms with van der Waals surface area (Å²) in [5.74, 6) is 0. The van der Waals surface area contributed by atoms with Gasteiger partial charge < -0.3 is 5.32 Å². The number of nitrogens with zero attached hydrogens (tertiary/aromatic N) is 1. The van der Waals surface area contributed by atoms with Gasteiger partial charge in [0.15, 0.2) is 0 Å². The summed E-state index contributed by atoms with van der Waals surface area (Å²) in [4.78, 5) is 4.23. The van der Waals surface area contributed by atoms with Gasteiger partial charge in [-0.1, -0.05) is 18.6 Å². The first-order valence-corrected chi connectivity index (χ1v) is 6.65. The molecule has 1 unspecified atom stereocenters. The van der Waals surface area contributed by atoms with Gasteiger partial charge in [0, 0.05) is 12.4 Å². The second-order valence-corrected chi connectivity index (χ2v) is 4.67. The molecule has 17 heavy (non-hydrogen) atoms. The summed E-state index contributed by atoms with van der Waals surface area (Å²) >= 11 is 0. The highest BCUT2D eigenvalue weighted by Gasteiger charge is 2.18. The van der Waals surface area contributed by atoms with Crippen LogP contribution in [0.1, 0.15) is 49.8 Å². The van der Waals surface area contributed by atoms with E-state index in [1.54, 1.807) is 5.57 Å². The van der Waals surface area contributed by atoms with E-state index in [0.717, 1.165) is 6.42 Å². The number of likely N-dealkylation sites (N-methyl/N-ethyl adjacent to an activating group) is 1. The number of nitrogens with one attached hydrogen (secondary N) is 1. The minimum Gasteiger partial charge on any atom is -0.310 e. The van der Waals surface area contributed by atoms with Crippen molar-refractivity contribution in [1.29, 1.82) is 0 Å². The van der Waals surface area contributed by atoms with Crippen molar-refractivity contribution in [3.63, 3.8) is 0 Å². The Hall–Kier alpha value is -1.15. The molecular weight excluding hydrogens is 208 g/mol. The van der Waals surface area contributed by atoms with E-state index in [2.05, 4.69) is 36.4 Å². The van der Waals surface area contributed by atoms with Crippen molar-refractivity contribution in [3.05, 3.63) is 41.2 Å². The predicted octanol–water partition coefficient (Wildman–Crippen LogP) is 3.40. The van der Waals surface area contributed by atoms with E-state index < -0.39 is 0 Å². The quantitative estimate of drug-likeness (QED) is 0.802. The molecule has 0 fully saturated rings. The van der Waals surface area contributed by atoms with Crippen LogP contribution in [0.5, 0.6) is 0 Å². The summed E-state index contributed by atoms with van der Waals surface area (Å²) in [5.41, 5.74) is 4.32. The first-order chi connectivity index (χ1) is 8.36. The highest BCUT2D eigenvalue weighted by atomic mass is 14.9. The Kier molecular flexibility index (Phi) is 4.32. The summed E-state index contributed by atoms with van der Waals surface area (Å²) in [6.45, 7) is 2.20. The third kappa shape index (κ3) is 2.75. The number of aromatic nitrogens is 1. The molecule has 2 heteroatoms. The maximum absolute atomic E-state index is 4.23. The smallest absolute Gasteiger partial charge is 0.0537 e. The van der Waals surface area contributed by atoms with Crippen LogP contribution in [0, 0.1) is 0 Å². The molecular formula is C15H22N2. The highest BCUT2D eigenvalue weighted by Crippen LogP contribution is 2.31. The minimum atomic E-state index is 0.383. The van der Waals surface area contributed by atoms with Crippen LogP contribution in [-0.4, -0.2) is 12.0 Å². The largest absolute Gasteiger partial charge is 0.310 e. The average molecular weight is 230 g/mol. The molecule has 0 aromatic carbocycles. The van der Waals surface area contributed by atoms with Gasteiger partial charge in [0.05, 0.1) is 6.04 Å². The number of hydrogen-bond acceptors (Lipinski definition) is 2. The molecule has 0 saturated carbocycles. The SMILES string of the molecule is CCc1cnccc1C(NC)C1=CCCCC1. The zero-order chi connectivity index (χ0) is 12.1. The van der Waals surface area contributed by atoms with Crippen LogP contribution in [0.25, 0.3) is 0 Å². The van der Waals surface area contributed by atoms with Gasteiger partial charge in [0.1, 0.15) is 0 Å². The summed E-state index contributed by atoms with van der Waals surface area (Å²) in [5, 5.41) is 3.47. The van der Waals surface area contributed by atoms with Crippen LogP contribution in [0.2, 0.25) is 0 Å². The van der Waals surface area contributed by atoms with Crippen LogP contribution < -0.4 is 5.32 Å². The highest BCUT2D eigenvalue weighted by molar-refractivity contribution is 5.34. The molecule has 1 aliphatic rings. The van der Waals surface area contributed by atoms with Gasteiger partial charge >= 0.3 is 0 Å². The normalized spacial score (nSPS) is 17.6. The molecule has 1 N–H and O–H groups in total. The summed E-state index contributed by atoms with van der Waals surface area (Å²) in [6.07, 6.45) is 12.5. The monoisotopic (exact) mass is 230 g/mol. The standard InChI is InChI=1S/C15H22N2/c1-3-12-11-17-10-9-14(12)15(16-2)13-7-5-4-6-8-13/h7,9-11,15-16H,3-6,8H2,1-2H3. The van der Waals surface area contributed by atoms with Crippen LogP contribution in [0.15, 0.2) is 30.1 Å². The molecule has 1 aromatic heterocycles. The number of hydrogen-bond donors (Lipinski definition) is 1. The van der Waals surface area contributed by atoms with Crippen molar-refractivity contribution >= 4 is 0 Å². The molecule has 92 valence electrons. The number of allylic oxidation sites excluding steroid dienone is 1. The van der Waals surface area contributed by atoms with Crippen LogP contribution in [0.3, 0.4) is 0 Å². The second kappa shape index (κ2) is 5.97. The zero-order valence-electron chi connectivity index (χ0n) is 10.9. The van der Waals surface area contributed by atoms with Gasteiger partial charge in [-0.15, -0.1) is 0 Å². The fraction of sp³-hybridized carbons (Fsp3) is 0.533. The van der Waals surface area contributed by atoms with Crippen molar-refractivity contribution in [1.82, 2.24) is 10.3 Å².